The summed E-state index contributed by atoms with van der Waals surface area (Å²) in [5, 5.41) is 12.4. The highest BCUT2D eigenvalue weighted by Crippen LogP contribution is 2.44. The van der Waals surface area contributed by atoms with Crippen molar-refractivity contribution in [2.24, 2.45) is 0 Å². The van der Waals surface area contributed by atoms with E-state index in [9.17, 15) is 10.1 Å². The van der Waals surface area contributed by atoms with Crippen molar-refractivity contribution < 1.29 is 9.53 Å². The maximum atomic E-state index is 12.7. The van der Waals surface area contributed by atoms with E-state index in [0.29, 0.717) is 24.3 Å². The lowest BCUT2D eigenvalue weighted by Gasteiger charge is -2.50. The third-order valence-electron chi connectivity index (χ3n) is 5.92. The van der Waals surface area contributed by atoms with Gasteiger partial charge in [-0.1, -0.05) is 13.0 Å². The van der Waals surface area contributed by atoms with E-state index in [4.69, 9.17) is 4.74 Å². The van der Waals surface area contributed by atoms with Crippen LogP contribution in [0.2, 0.25) is 0 Å². The molecule has 0 bridgehead atoms. The average molecular weight is 432 g/mol. The van der Waals surface area contributed by atoms with Crippen LogP contribution >= 0.6 is 0 Å². The number of nitrogens with zero attached hydrogens (tertiary/aromatic N) is 2. The summed E-state index contributed by atoms with van der Waals surface area (Å²) in [6, 6.07) is 15.8. The molecule has 168 valence electrons. The molecule has 0 aliphatic carbocycles. The average Bonchev–Trinajstić information content (AvgIpc) is 2.73. The first-order valence-electron chi connectivity index (χ1n) is 11.3. The van der Waals surface area contributed by atoms with E-state index in [-0.39, 0.29) is 11.1 Å². The monoisotopic (exact) mass is 431 g/mol. The van der Waals surface area contributed by atoms with Crippen molar-refractivity contribution in [3.8, 4) is 11.8 Å². The van der Waals surface area contributed by atoms with Crippen molar-refractivity contribution in [1.82, 2.24) is 0 Å². The largest absolute Gasteiger partial charge is 0.494 e. The van der Waals surface area contributed by atoms with Gasteiger partial charge in [0.15, 0.2) is 0 Å². The summed E-state index contributed by atoms with van der Waals surface area (Å²) >= 11 is 0. The molecule has 3 rings (SSSR count). The van der Waals surface area contributed by atoms with Crippen LogP contribution < -0.4 is 15.0 Å². The van der Waals surface area contributed by atoms with Gasteiger partial charge in [0.2, 0.25) is 0 Å². The number of nitrogens with one attached hydrogen (secondary N) is 1. The van der Waals surface area contributed by atoms with Crippen molar-refractivity contribution >= 4 is 23.4 Å². The number of ether oxygens (including phenoxy) is 1. The second-order valence-corrected chi connectivity index (χ2v) is 9.28. The molecule has 2 aromatic rings. The minimum Gasteiger partial charge on any atom is -0.494 e. The zero-order valence-corrected chi connectivity index (χ0v) is 19.9. The summed E-state index contributed by atoms with van der Waals surface area (Å²) in [6.45, 7) is 13.8. The number of benzene rings is 2. The molecule has 0 fully saturated rings. The molecule has 1 amide bonds. The van der Waals surface area contributed by atoms with Gasteiger partial charge in [-0.05, 0) is 101 Å². The number of hydrogen-bond acceptors (Lipinski definition) is 4. The van der Waals surface area contributed by atoms with Gasteiger partial charge in [-0.25, -0.2) is 0 Å². The van der Waals surface area contributed by atoms with Crippen LogP contribution in [-0.2, 0) is 4.79 Å². The van der Waals surface area contributed by atoms with E-state index < -0.39 is 5.91 Å². The highest BCUT2D eigenvalue weighted by atomic mass is 16.5. The smallest absolute Gasteiger partial charge is 0.266 e. The van der Waals surface area contributed by atoms with Gasteiger partial charge in [0.1, 0.15) is 17.4 Å². The second-order valence-electron chi connectivity index (χ2n) is 9.28. The minimum absolute atomic E-state index is 0.0725. The fourth-order valence-corrected chi connectivity index (χ4v) is 4.85. The second kappa shape index (κ2) is 9.48. The topological polar surface area (TPSA) is 65.4 Å². The van der Waals surface area contributed by atoms with Gasteiger partial charge < -0.3 is 15.0 Å². The molecule has 0 aromatic heterocycles. The SMILES string of the molecule is CCOc1ccc(NC(=O)/C(C#N)=C\c2ccc3c(c2)C(C)CC(C)(C)N3C(C)C)cc1. The predicted molar refractivity (Wildman–Crippen MR) is 131 cm³/mol. The normalized spacial score (nSPS) is 17.5. The summed E-state index contributed by atoms with van der Waals surface area (Å²) in [7, 11) is 0. The molecular weight excluding hydrogens is 398 g/mol. The summed E-state index contributed by atoms with van der Waals surface area (Å²) in [4.78, 5) is 15.2. The Labute approximate surface area is 191 Å². The molecule has 0 radical (unpaired) electrons. The van der Waals surface area contributed by atoms with Crippen LogP contribution in [0.5, 0.6) is 5.75 Å². The van der Waals surface area contributed by atoms with Crippen LogP contribution in [0.25, 0.3) is 6.08 Å². The first kappa shape index (κ1) is 23.4. The Morgan fingerprint density at radius 3 is 2.56 bits per heavy atom. The quantitative estimate of drug-likeness (QED) is 0.441. The summed E-state index contributed by atoms with van der Waals surface area (Å²) in [5.74, 6) is 0.710. The molecule has 0 spiro atoms. The standard InChI is InChI=1S/C27H33N3O2/c1-7-32-23-11-9-22(10-12-23)29-26(31)21(17-28)14-20-8-13-25-24(15-20)19(4)16-27(5,6)30(25)18(2)3/h8-15,18-19H,7,16H2,1-6H3,(H,29,31)/b21-14-. The number of carbonyl (C=O) groups excluding carboxylic acids is 1. The number of anilines is 2. The van der Waals surface area contributed by atoms with Crippen LogP contribution in [0.1, 0.15) is 65.0 Å². The maximum absolute atomic E-state index is 12.7. The van der Waals surface area contributed by atoms with E-state index in [1.807, 2.05) is 19.1 Å². The molecule has 0 saturated heterocycles. The van der Waals surface area contributed by atoms with Crippen molar-refractivity contribution in [3.63, 3.8) is 0 Å². The molecule has 1 N–H and O–H groups in total. The number of nitriles is 1. The summed E-state index contributed by atoms with van der Waals surface area (Å²) in [5.41, 5.74) is 4.12. The van der Waals surface area contributed by atoms with Crippen molar-refractivity contribution in [2.75, 3.05) is 16.8 Å². The van der Waals surface area contributed by atoms with Crippen molar-refractivity contribution in [2.45, 2.75) is 65.5 Å². The molecule has 5 nitrogen and oxygen atoms in total. The molecule has 1 unspecified atom stereocenters. The molecule has 5 heteroatoms. The Hall–Kier alpha value is -3.26. The van der Waals surface area contributed by atoms with Crippen LogP contribution in [0.15, 0.2) is 48.0 Å². The zero-order valence-electron chi connectivity index (χ0n) is 19.9. The van der Waals surface area contributed by atoms with Gasteiger partial charge in [0.25, 0.3) is 5.91 Å². The Bertz CT molecular complexity index is 1050. The van der Waals surface area contributed by atoms with Crippen LogP contribution in [0.3, 0.4) is 0 Å². The molecule has 0 saturated carbocycles. The van der Waals surface area contributed by atoms with Crippen LogP contribution in [0.4, 0.5) is 11.4 Å². The Kier molecular flexibility index (Phi) is 6.93. The number of rotatable bonds is 6. The van der Waals surface area contributed by atoms with Gasteiger partial charge >= 0.3 is 0 Å². The summed E-state index contributed by atoms with van der Waals surface area (Å²) < 4.78 is 5.42. The molecule has 1 heterocycles. The third-order valence-corrected chi connectivity index (χ3v) is 5.92. The third kappa shape index (κ3) is 4.96. The van der Waals surface area contributed by atoms with Crippen LogP contribution in [-0.4, -0.2) is 24.1 Å². The lowest BCUT2D eigenvalue weighted by Crippen LogP contribution is -2.51. The lowest BCUT2D eigenvalue weighted by molar-refractivity contribution is -0.112. The number of carbonyl (C=O) groups is 1. The highest BCUT2D eigenvalue weighted by Gasteiger charge is 2.37. The minimum atomic E-state index is -0.424. The highest BCUT2D eigenvalue weighted by molar-refractivity contribution is 6.09. The zero-order chi connectivity index (χ0) is 23.5. The van der Waals surface area contributed by atoms with Crippen LogP contribution in [0, 0.1) is 11.3 Å². The fraction of sp³-hybridized carbons (Fsp3) is 0.407. The first-order valence-corrected chi connectivity index (χ1v) is 11.3. The van der Waals surface area contributed by atoms with Gasteiger partial charge in [0, 0.05) is 23.0 Å². The van der Waals surface area contributed by atoms with Gasteiger partial charge in [-0.3, -0.25) is 4.79 Å². The van der Waals surface area contributed by atoms with Crippen molar-refractivity contribution in [3.05, 3.63) is 59.2 Å². The number of hydrogen-bond donors (Lipinski definition) is 1. The molecule has 1 aliphatic heterocycles. The van der Waals surface area contributed by atoms with Gasteiger partial charge in [-0.15, -0.1) is 0 Å². The Balaban J connectivity index is 1.86. The summed E-state index contributed by atoms with van der Waals surface area (Å²) in [6.07, 6.45) is 2.71. The predicted octanol–water partition coefficient (Wildman–Crippen LogP) is 6.13. The first-order chi connectivity index (χ1) is 15.2. The molecule has 1 aliphatic rings. The van der Waals surface area contributed by atoms with Gasteiger partial charge in [0.05, 0.1) is 6.61 Å². The number of amides is 1. The van der Waals surface area contributed by atoms with Gasteiger partial charge in [-0.2, -0.15) is 5.26 Å². The number of fused-ring (bicyclic) bond motifs is 1. The molecule has 2 aromatic carbocycles. The Morgan fingerprint density at radius 1 is 1.28 bits per heavy atom. The van der Waals surface area contributed by atoms with E-state index in [1.54, 1.807) is 30.3 Å². The molecule has 1 atom stereocenters. The lowest BCUT2D eigenvalue weighted by atomic mass is 9.79. The molecule has 32 heavy (non-hydrogen) atoms. The maximum Gasteiger partial charge on any atom is 0.266 e. The Morgan fingerprint density at radius 2 is 1.97 bits per heavy atom. The van der Waals surface area contributed by atoms with E-state index >= 15 is 0 Å². The van der Waals surface area contributed by atoms with E-state index in [1.165, 1.54) is 11.3 Å². The van der Waals surface area contributed by atoms with E-state index in [2.05, 4.69) is 57.0 Å². The van der Waals surface area contributed by atoms with Crippen molar-refractivity contribution in [1.29, 1.82) is 5.26 Å². The molecular formula is C27H33N3O2. The fourth-order valence-electron chi connectivity index (χ4n) is 4.85. The van der Waals surface area contributed by atoms with E-state index in [0.717, 1.165) is 17.7 Å².